The van der Waals surface area contributed by atoms with Crippen LogP contribution in [0.25, 0.3) is 0 Å². The minimum Gasteiger partial charge on any atom is -0.343 e. The molecule has 30 heavy (non-hydrogen) atoms. The van der Waals surface area contributed by atoms with Crippen LogP contribution in [-0.2, 0) is 9.59 Å². The number of hydrogen-bond donors (Lipinski definition) is 2. The van der Waals surface area contributed by atoms with Gasteiger partial charge >= 0.3 is 0 Å². The number of hydrogen-bond acceptors (Lipinski definition) is 3. The molecule has 2 aliphatic rings. The molecule has 0 saturated heterocycles. The Morgan fingerprint density at radius 3 is 2.27 bits per heavy atom. The summed E-state index contributed by atoms with van der Waals surface area (Å²) in [6.45, 7) is 10.6. The van der Waals surface area contributed by atoms with Gasteiger partial charge in [0.05, 0.1) is 6.04 Å². The van der Waals surface area contributed by atoms with E-state index in [-0.39, 0.29) is 29.7 Å². The van der Waals surface area contributed by atoms with Crippen molar-refractivity contribution >= 4 is 11.8 Å². The van der Waals surface area contributed by atoms with Crippen LogP contribution in [0.4, 0.5) is 0 Å². The number of amides is 2. The summed E-state index contributed by atoms with van der Waals surface area (Å²) >= 11 is 0. The monoisotopic (exact) mass is 413 g/mol. The van der Waals surface area contributed by atoms with Gasteiger partial charge in [-0.05, 0) is 55.4 Å². The minimum atomic E-state index is -0.603. The fourth-order valence-corrected chi connectivity index (χ4v) is 5.61. The molecule has 4 unspecified atom stereocenters. The number of benzene rings is 1. The van der Waals surface area contributed by atoms with Gasteiger partial charge in [-0.1, -0.05) is 58.0 Å². The summed E-state index contributed by atoms with van der Waals surface area (Å²) in [6.07, 6.45) is 3.64. The first-order valence-corrected chi connectivity index (χ1v) is 11.7. The molecule has 0 spiro atoms. The van der Waals surface area contributed by atoms with E-state index >= 15 is 0 Å². The minimum absolute atomic E-state index is 0.00336. The number of nitrogens with one attached hydrogen (secondary N) is 1. The number of carbonyl (C=O) groups is 2. The number of nitrogens with two attached hydrogens (primary N) is 1. The molecule has 2 amide bonds. The zero-order valence-electron chi connectivity index (χ0n) is 19.2. The highest BCUT2D eigenvalue weighted by molar-refractivity contribution is 5.90. The largest absolute Gasteiger partial charge is 0.343 e. The quantitative estimate of drug-likeness (QED) is 0.684. The van der Waals surface area contributed by atoms with Gasteiger partial charge in [-0.2, -0.15) is 0 Å². The number of likely N-dealkylation sites (N-methyl/N-ethyl adjacent to an activating group) is 1. The fourth-order valence-electron chi connectivity index (χ4n) is 5.61. The van der Waals surface area contributed by atoms with Crippen molar-refractivity contribution in [2.45, 2.75) is 77.9 Å². The lowest BCUT2D eigenvalue weighted by Gasteiger charge is -2.42. The van der Waals surface area contributed by atoms with E-state index in [0.29, 0.717) is 24.3 Å². The summed E-state index contributed by atoms with van der Waals surface area (Å²) in [5, 5.41) is 2.98. The third kappa shape index (κ3) is 4.41. The maximum Gasteiger partial charge on any atom is 0.245 e. The van der Waals surface area contributed by atoms with Crippen molar-refractivity contribution in [2.24, 2.45) is 29.4 Å². The first kappa shape index (κ1) is 22.8. The summed E-state index contributed by atoms with van der Waals surface area (Å²) in [6, 6.07) is 9.73. The lowest BCUT2D eigenvalue weighted by atomic mass is 9.78. The molecule has 3 rings (SSSR count). The third-order valence-electron chi connectivity index (χ3n) is 7.29. The molecular weight excluding hydrogens is 374 g/mol. The van der Waals surface area contributed by atoms with Crippen LogP contribution >= 0.6 is 0 Å². The summed E-state index contributed by atoms with van der Waals surface area (Å²) in [7, 11) is 0. The van der Waals surface area contributed by atoms with Gasteiger partial charge in [0.15, 0.2) is 0 Å². The molecule has 3 N–H and O–H groups in total. The average molecular weight is 414 g/mol. The molecule has 0 radical (unpaired) electrons. The van der Waals surface area contributed by atoms with Gasteiger partial charge in [0, 0.05) is 18.5 Å². The number of carbonyl (C=O) groups excluding carboxylic acids is 2. The topological polar surface area (TPSA) is 75.4 Å². The summed E-state index contributed by atoms with van der Waals surface area (Å²) in [5.74, 6) is 1.41. The summed E-state index contributed by atoms with van der Waals surface area (Å²) < 4.78 is 0. The second kappa shape index (κ2) is 9.51. The van der Waals surface area contributed by atoms with Crippen molar-refractivity contribution in [1.82, 2.24) is 10.2 Å². The first-order valence-electron chi connectivity index (χ1n) is 11.7. The Morgan fingerprint density at radius 1 is 1.07 bits per heavy atom. The maximum absolute atomic E-state index is 13.8. The van der Waals surface area contributed by atoms with E-state index in [2.05, 4.69) is 47.5 Å². The molecule has 6 atom stereocenters. The third-order valence-corrected chi connectivity index (χ3v) is 7.29. The van der Waals surface area contributed by atoms with E-state index < -0.39 is 12.1 Å². The van der Waals surface area contributed by atoms with Crippen LogP contribution in [0.5, 0.6) is 0 Å². The van der Waals surface area contributed by atoms with Gasteiger partial charge < -0.3 is 16.0 Å². The Kier molecular flexibility index (Phi) is 7.22. The Morgan fingerprint density at radius 2 is 1.70 bits per heavy atom. The molecular formula is C25H39N3O2. The molecule has 0 aromatic heterocycles. The van der Waals surface area contributed by atoms with Crippen molar-refractivity contribution in [2.75, 3.05) is 6.54 Å². The molecule has 2 bridgehead atoms. The smallest absolute Gasteiger partial charge is 0.245 e. The molecule has 166 valence electrons. The second-order valence-electron chi connectivity index (χ2n) is 9.88. The zero-order valence-corrected chi connectivity index (χ0v) is 19.2. The van der Waals surface area contributed by atoms with Crippen LogP contribution in [0.15, 0.2) is 30.3 Å². The van der Waals surface area contributed by atoms with Crippen LogP contribution < -0.4 is 11.1 Å². The van der Waals surface area contributed by atoms with Gasteiger partial charge in [-0.25, -0.2) is 0 Å². The highest BCUT2D eigenvalue weighted by atomic mass is 16.2. The number of nitrogens with zero attached hydrogens (tertiary/aromatic N) is 1. The summed E-state index contributed by atoms with van der Waals surface area (Å²) in [4.78, 5) is 28.5. The zero-order chi connectivity index (χ0) is 22.0. The highest BCUT2D eigenvalue weighted by Gasteiger charge is 2.51. The molecule has 0 aliphatic heterocycles. The van der Waals surface area contributed by atoms with Crippen molar-refractivity contribution < 1.29 is 9.59 Å². The van der Waals surface area contributed by atoms with Crippen molar-refractivity contribution in [1.29, 1.82) is 0 Å². The first-order chi connectivity index (χ1) is 14.3. The molecule has 1 aromatic carbocycles. The molecule has 0 heterocycles. The molecule has 2 fully saturated rings. The van der Waals surface area contributed by atoms with Crippen LogP contribution in [0, 0.1) is 23.7 Å². The SMILES string of the molecule is CCN(C(=O)[C@@H](NC(=O)C(N)C(C)C)C(C)C)[C@@H]1C2CCC(C2)C1c1ccccc1. The Labute approximate surface area is 181 Å². The van der Waals surface area contributed by atoms with Gasteiger partial charge in [-0.15, -0.1) is 0 Å². The Balaban J connectivity index is 1.85. The standard InChI is InChI=1S/C25H39N3O2/c1-6-28(25(30)22(16(4)5)27-24(29)21(26)15(2)3)23-19-13-12-18(14-19)20(23)17-10-8-7-9-11-17/h7-11,15-16,18-23H,6,12-14,26H2,1-5H3,(H,27,29)/t18?,19?,20?,21?,22-,23+/m0/s1. The Hall–Kier alpha value is -1.88. The molecule has 1 aromatic rings. The van der Waals surface area contributed by atoms with Crippen molar-refractivity contribution in [3.8, 4) is 0 Å². The van der Waals surface area contributed by atoms with Crippen LogP contribution in [0.3, 0.4) is 0 Å². The van der Waals surface area contributed by atoms with Gasteiger partial charge in [0.25, 0.3) is 0 Å². The van der Waals surface area contributed by atoms with E-state index in [4.69, 9.17) is 5.73 Å². The van der Waals surface area contributed by atoms with E-state index in [1.807, 2.05) is 27.7 Å². The predicted octanol–water partition coefficient (Wildman–Crippen LogP) is 3.54. The van der Waals surface area contributed by atoms with E-state index in [9.17, 15) is 9.59 Å². The van der Waals surface area contributed by atoms with E-state index in [1.54, 1.807) is 0 Å². The Bertz CT molecular complexity index is 733. The maximum atomic E-state index is 13.8. The summed E-state index contributed by atoms with van der Waals surface area (Å²) in [5.41, 5.74) is 7.39. The van der Waals surface area contributed by atoms with Crippen molar-refractivity contribution in [3.63, 3.8) is 0 Å². The van der Waals surface area contributed by atoms with E-state index in [0.717, 1.165) is 0 Å². The number of fused-ring (bicyclic) bond motifs is 2. The molecule has 2 saturated carbocycles. The van der Waals surface area contributed by atoms with E-state index in [1.165, 1.54) is 24.8 Å². The van der Waals surface area contributed by atoms with Gasteiger partial charge in [-0.3, -0.25) is 9.59 Å². The molecule has 2 aliphatic carbocycles. The van der Waals surface area contributed by atoms with Gasteiger partial charge in [0.1, 0.15) is 6.04 Å². The predicted molar refractivity (Wildman–Crippen MR) is 121 cm³/mol. The molecule has 5 heteroatoms. The molecule has 5 nitrogen and oxygen atoms in total. The lowest BCUT2D eigenvalue weighted by Crippen LogP contribution is -2.58. The van der Waals surface area contributed by atoms with Crippen LogP contribution in [-0.4, -0.2) is 41.4 Å². The highest BCUT2D eigenvalue weighted by Crippen LogP contribution is 2.55. The average Bonchev–Trinajstić information content (AvgIpc) is 3.34. The normalized spacial score (nSPS) is 27.3. The fraction of sp³-hybridized carbons (Fsp3) is 0.680. The number of rotatable bonds is 8. The van der Waals surface area contributed by atoms with Crippen LogP contribution in [0.2, 0.25) is 0 Å². The second-order valence-corrected chi connectivity index (χ2v) is 9.88. The van der Waals surface area contributed by atoms with Gasteiger partial charge in [0.2, 0.25) is 11.8 Å². The van der Waals surface area contributed by atoms with Crippen molar-refractivity contribution in [3.05, 3.63) is 35.9 Å². The lowest BCUT2D eigenvalue weighted by molar-refractivity contribution is -0.141. The van der Waals surface area contributed by atoms with Crippen LogP contribution in [0.1, 0.15) is 65.4 Å².